The Labute approximate surface area is 167 Å². The molecule has 144 valence electrons. The zero-order chi connectivity index (χ0) is 19.1. The topological polar surface area (TPSA) is 77.6 Å². The fourth-order valence-electron chi connectivity index (χ4n) is 4.11. The Kier molecular flexibility index (Phi) is 4.39. The van der Waals surface area contributed by atoms with E-state index in [1.165, 1.54) is 6.42 Å². The summed E-state index contributed by atoms with van der Waals surface area (Å²) in [6.45, 7) is 1.78. The van der Waals surface area contributed by atoms with Crippen LogP contribution in [-0.4, -0.2) is 30.5 Å². The van der Waals surface area contributed by atoms with Crippen LogP contribution in [0.5, 0.6) is 0 Å². The SMILES string of the molecule is O=C(Nc1ccc(Cl)c(-c2nnc3n2CCCCC3)c1)c1cnn2c1CCC2. The highest BCUT2D eigenvalue weighted by molar-refractivity contribution is 6.33. The van der Waals surface area contributed by atoms with Crippen LogP contribution in [0.25, 0.3) is 11.4 Å². The summed E-state index contributed by atoms with van der Waals surface area (Å²) in [7, 11) is 0. The van der Waals surface area contributed by atoms with Gasteiger partial charge in [-0.05, 0) is 43.9 Å². The molecule has 0 spiro atoms. The predicted octanol–water partition coefficient (Wildman–Crippen LogP) is 3.72. The molecule has 0 bridgehead atoms. The molecule has 2 aliphatic rings. The van der Waals surface area contributed by atoms with E-state index >= 15 is 0 Å². The molecule has 0 aliphatic carbocycles. The monoisotopic (exact) mass is 396 g/mol. The number of benzene rings is 1. The molecule has 2 aliphatic heterocycles. The predicted molar refractivity (Wildman–Crippen MR) is 107 cm³/mol. The number of amides is 1. The van der Waals surface area contributed by atoms with Gasteiger partial charge in [0.25, 0.3) is 5.91 Å². The number of hydrogen-bond acceptors (Lipinski definition) is 4. The van der Waals surface area contributed by atoms with Gasteiger partial charge in [0.15, 0.2) is 5.82 Å². The van der Waals surface area contributed by atoms with Crippen LogP contribution < -0.4 is 5.32 Å². The van der Waals surface area contributed by atoms with E-state index in [-0.39, 0.29) is 5.91 Å². The average Bonchev–Trinajstić information content (AvgIpc) is 3.36. The molecule has 1 amide bonds. The molecule has 0 saturated carbocycles. The van der Waals surface area contributed by atoms with E-state index < -0.39 is 0 Å². The highest BCUT2D eigenvalue weighted by Gasteiger charge is 2.22. The van der Waals surface area contributed by atoms with Crippen LogP contribution in [0.1, 0.15) is 47.6 Å². The van der Waals surface area contributed by atoms with Crippen LogP contribution in [0.3, 0.4) is 0 Å². The van der Waals surface area contributed by atoms with E-state index in [0.717, 1.165) is 68.1 Å². The van der Waals surface area contributed by atoms with E-state index in [1.54, 1.807) is 12.3 Å². The fourth-order valence-corrected chi connectivity index (χ4v) is 4.31. The van der Waals surface area contributed by atoms with Crippen LogP contribution in [0.2, 0.25) is 5.02 Å². The molecular weight excluding hydrogens is 376 g/mol. The first-order valence-corrected chi connectivity index (χ1v) is 10.2. The number of carbonyl (C=O) groups is 1. The van der Waals surface area contributed by atoms with Gasteiger partial charge in [-0.3, -0.25) is 9.48 Å². The number of rotatable bonds is 3. The third kappa shape index (κ3) is 2.99. The van der Waals surface area contributed by atoms with Crippen molar-refractivity contribution in [1.82, 2.24) is 24.5 Å². The molecular formula is C20H21ClN6O. The molecule has 3 aromatic rings. The zero-order valence-corrected chi connectivity index (χ0v) is 16.2. The normalized spacial score (nSPS) is 15.8. The lowest BCUT2D eigenvalue weighted by Gasteiger charge is -2.11. The molecule has 0 unspecified atom stereocenters. The Bertz CT molecular complexity index is 1050. The first-order chi connectivity index (χ1) is 13.7. The van der Waals surface area contributed by atoms with Crippen molar-refractivity contribution in [2.45, 2.75) is 51.6 Å². The van der Waals surface area contributed by atoms with Gasteiger partial charge in [0.2, 0.25) is 0 Å². The minimum atomic E-state index is -0.142. The first kappa shape index (κ1) is 17.4. The average molecular weight is 397 g/mol. The van der Waals surface area contributed by atoms with Gasteiger partial charge in [-0.25, -0.2) is 0 Å². The van der Waals surface area contributed by atoms with Crippen molar-refractivity contribution >= 4 is 23.2 Å². The summed E-state index contributed by atoms with van der Waals surface area (Å²) >= 11 is 6.48. The minimum Gasteiger partial charge on any atom is -0.322 e. The summed E-state index contributed by atoms with van der Waals surface area (Å²) in [4.78, 5) is 12.8. The molecule has 2 aromatic heterocycles. The number of fused-ring (bicyclic) bond motifs is 2. The smallest absolute Gasteiger partial charge is 0.259 e. The van der Waals surface area contributed by atoms with Crippen molar-refractivity contribution < 1.29 is 4.79 Å². The molecule has 28 heavy (non-hydrogen) atoms. The molecule has 0 radical (unpaired) electrons. The molecule has 4 heterocycles. The third-order valence-corrected chi connectivity index (χ3v) is 5.88. The lowest BCUT2D eigenvalue weighted by Crippen LogP contribution is -2.13. The molecule has 0 fully saturated rings. The molecule has 1 aromatic carbocycles. The number of nitrogens with one attached hydrogen (secondary N) is 1. The molecule has 0 saturated heterocycles. The minimum absolute atomic E-state index is 0.142. The number of carbonyl (C=O) groups excluding carboxylic acids is 1. The molecule has 5 rings (SSSR count). The molecule has 7 nitrogen and oxygen atoms in total. The van der Waals surface area contributed by atoms with Gasteiger partial charge in [0, 0.05) is 30.8 Å². The van der Waals surface area contributed by atoms with Gasteiger partial charge in [0.1, 0.15) is 5.82 Å². The number of anilines is 1. The second-order valence-electron chi connectivity index (χ2n) is 7.38. The lowest BCUT2D eigenvalue weighted by atomic mass is 10.1. The zero-order valence-electron chi connectivity index (χ0n) is 15.5. The van der Waals surface area contributed by atoms with E-state index in [0.29, 0.717) is 16.3 Å². The van der Waals surface area contributed by atoms with Gasteiger partial charge < -0.3 is 9.88 Å². The van der Waals surface area contributed by atoms with Crippen molar-refractivity contribution in [2.24, 2.45) is 0 Å². The maximum atomic E-state index is 12.8. The van der Waals surface area contributed by atoms with Crippen molar-refractivity contribution in [2.75, 3.05) is 5.32 Å². The lowest BCUT2D eigenvalue weighted by molar-refractivity contribution is 0.102. The largest absolute Gasteiger partial charge is 0.322 e. The standard InChI is InChI=1S/C20H21ClN6O/c21-16-8-7-13(23-20(28)15-12-22-27-10-4-5-17(15)27)11-14(16)19-25-24-18-6-2-1-3-9-26(18)19/h7-8,11-12H,1-6,9-10H2,(H,23,28). The summed E-state index contributed by atoms with van der Waals surface area (Å²) in [5.74, 6) is 1.63. The second-order valence-corrected chi connectivity index (χ2v) is 7.79. The Balaban J connectivity index is 1.45. The number of nitrogens with zero attached hydrogens (tertiary/aromatic N) is 5. The Hall–Kier alpha value is -2.67. The summed E-state index contributed by atoms with van der Waals surface area (Å²) < 4.78 is 4.07. The Morgan fingerprint density at radius 1 is 1.07 bits per heavy atom. The van der Waals surface area contributed by atoms with Gasteiger partial charge >= 0.3 is 0 Å². The van der Waals surface area contributed by atoms with Crippen LogP contribution in [0, 0.1) is 0 Å². The highest BCUT2D eigenvalue weighted by atomic mass is 35.5. The fraction of sp³-hybridized carbons (Fsp3) is 0.400. The number of aromatic nitrogens is 5. The van der Waals surface area contributed by atoms with Gasteiger partial charge in [-0.15, -0.1) is 10.2 Å². The summed E-state index contributed by atoms with van der Waals surface area (Å²) in [6.07, 6.45) is 7.96. The van der Waals surface area contributed by atoms with Crippen LogP contribution >= 0.6 is 11.6 Å². The van der Waals surface area contributed by atoms with E-state index in [4.69, 9.17) is 11.6 Å². The van der Waals surface area contributed by atoms with E-state index in [9.17, 15) is 4.79 Å². The highest BCUT2D eigenvalue weighted by Crippen LogP contribution is 2.31. The van der Waals surface area contributed by atoms with Crippen LogP contribution in [-0.2, 0) is 25.9 Å². The van der Waals surface area contributed by atoms with Gasteiger partial charge in [0.05, 0.1) is 22.5 Å². The maximum absolute atomic E-state index is 12.8. The van der Waals surface area contributed by atoms with Crippen molar-refractivity contribution in [3.8, 4) is 11.4 Å². The quantitative estimate of drug-likeness (QED) is 0.731. The van der Waals surface area contributed by atoms with E-state index in [2.05, 4.69) is 25.2 Å². The Morgan fingerprint density at radius 3 is 2.93 bits per heavy atom. The Morgan fingerprint density at radius 2 is 2.00 bits per heavy atom. The molecule has 8 heteroatoms. The van der Waals surface area contributed by atoms with Crippen LogP contribution in [0.4, 0.5) is 5.69 Å². The molecule has 0 atom stereocenters. The summed E-state index contributed by atoms with van der Waals surface area (Å²) in [5, 5.41) is 16.6. The van der Waals surface area contributed by atoms with Gasteiger partial charge in [-0.1, -0.05) is 18.0 Å². The van der Waals surface area contributed by atoms with Crippen molar-refractivity contribution in [3.05, 3.63) is 46.5 Å². The number of halogens is 1. The summed E-state index contributed by atoms with van der Waals surface area (Å²) in [6, 6.07) is 5.49. The maximum Gasteiger partial charge on any atom is 0.259 e. The van der Waals surface area contributed by atoms with Crippen LogP contribution in [0.15, 0.2) is 24.4 Å². The van der Waals surface area contributed by atoms with Gasteiger partial charge in [-0.2, -0.15) is 5.10 Å². The van der Waals surface area contributed by atoms with Crippen molar-refractivity contribution in [3.63, 3.8) is 0 Å². The summed E-state index contributed by atoms with van der Waals surface area (Å²) in [5.41, 5.74) is 3.13. The second kappa shape index (κ2) is 7.05. The molecule has 1 N–H and O–H groups in total. The first-order valence-electron chi connectivity index (χ1n) is 9.79. The number of hydrogen-bond donors (Lipinski definition) is 1. The van der Waals surface area contributed by atoms with Crippen molar-refractivity contribution in [1.29, 1.82) is 0 Å². The van der Waals surface area contributed by atoms with E-state index in [1.807, 2.05) is 16.8 Å². The number of aryl methyl sites for hydroxylation is 2. The third-order valence-electron chi connectivity index (χ3n) is 5.55.